The lowest BCUT2D eigenvalue weighted by atomic mass is 9.81. The molecular weight excluding hydrogens is 680 g/mol. The van der Waals surface area contributed by atoms with Crippen molar-refractivity contribution in [3.8, 4) is 11.1 Å². The summed E-state index contributed by atoms with van der Waals surface area (Å²) in [6.45, 7) is 11.8. The summed E-state index contributed by atoms with van der Waals surface area (Å²) in [5.41, 5.74) is 5.02. The van der Waals surface area contributed by atoms with Gasteiger partial charge in [0.05, 0.1) is 16.7 Å². The van der Waals surface area contributed by atoms with Crippen LogP contribution in [-0.2, 0) is 20.7 Å². The lowest BCUT2D eigenvalue weighted by molar-refractivity contribution is -0.130. The maximum absolute atomic E-state index is 13.8. The summed E-state index contributed by atoms with van der Waals surface area (Å²) in [7, 11) is 0. The first kappa shape index (κ1) is 38.3. The number of benzene rings is 3. The van der Waals surface area contributed by atoms with Crippen LogP contribution in [0, 0.1) is 18.8 Å². The van der Waals surface area contributed by atoms with Gasteiger partial charge in [-0.25, -0.2) is 4.79 Å². The maximum atomic E-state index is 13.8. The van der Waals surface area contributed by atoms with Crippen LogP contribution < -0.4 is 21.3 Å². The first-order valence-electron chi connectivity index (χ1n) is 17.9. The predicted molar refractivity (Wildman–Crippen MR) is 204 cm³/mol. The number of nitrogens with one attached hydrogen (secondary N) is 5. The summed E-state index contributed by atoms with van der Waals surface area (Å²) in [4.78, 5) is 52.1. The molecule has 5 rings (SSSR count). The van der Waals surface area contributed by atoms with E-state index in [0.29, 0.717) is 41.2 Å². The third-order valence-electron chi connectivity index (χ3n) is 9.17. The molecule has 1 saturated carbocycles. The molecule has 0 saturated heterocycles. The topological polar surface area (TPSA) is 154 Å². The predicted octanol–water partition coefficient (Wildman–Crippen LogP) is 7.33. The number of nitrogens with zero attached hydrogens (tertiary/aromatic N) is 1. The molecule has 4 aromatic rings. The van der Waals surface area contributed by atoms with E-state index in [2.05, 4.69) is 31.5 Å². The Balaban J connectivity index is 1.27. The maximum Gasteiger partial charge on any atom is 0.407 e. The van der Waals surface area contributed by atoms with Crippen molar-refractivity contribution in [1.29, 1.82) is 0 Å². The number of carbonyl (C=O) groups excluding carboxylic acids is 4. The van der Waals surface area contributed by atoms with E-state index in [1.165, 1.54) is 0 Å². The molecule has 12 heteroatoms. The number of hydrogen-bond acceptors (Lipinski definition) is 6. The number of aromatic nitrogens is 2. The van der Waals surface area contributed by atoms with Crippen molar-refractivity contribution >= 4 is 52.0 Å². The van der Waals surface area contributed by atoms with Crippen LogP contribution in [0.1, 0.15) is 81.8 Å². The van der Waals surface area contributed by atoms with E-state index in [9.17, 15) is 19.2 Å². The molecule has 11 nitrogen and oxygen atoms in total. The second-order valence-corrected chi connectivity index (χ2v) is 15.4. The summed E-state index contributed by atoms with van der Waals surface area (Å²) in [5.74, 6) is -0.655. The van der Waals surface area contributed by atoms with Gasteiger partial charge in [-0.1, -0.05) is 41.9 Å². The summed E-state index contributed by atoms with van der Waals surface area (Å²) >= 11 is 6.45. The van der Waals surface area contributed by atoms with Gasteiger partial charge in [-0.15, -0.1) is 0 Å². The monoisotopic (exact) mass is 728 g/mol. The second kappa shape index (κ2) is 16.6. The molecule has 1 heterocycles. The molecule has 52 heavy (non-hydrogen) atoms. The largest absolute Gasteiger partial charge is 0.444 e. The lowest BCUT2D eigenvalue weighted by Crippen LogP contribution is -2.48. The smallest absolute Gasteiger partial charge is 0.407 e. The third kappa shape index (κ3) is 10.3. The number of carbonyl (C=O) groups is 4. The van der Waals surface area contributed by atoms with E-state index in [1.54, 1.807) is 18.3 Å². The van der Waals surface area contributed by atoms with E-state index >= 15 is 0 Å². The van der Waals surface area contributed by atoms with Gasteiger partial charge in [0.2, 0.25) is 11.8 Å². The number of aryl methyl sites for hydroxylation is 1. The molecule has 1 atom stereocenters. The molecule has 276 valence electrons. The zero-order chi connectivity index (χ0) is 37.6. The zero-order valence-electron chi connectivity index (χ0n) is 30.7. The minimum atomic E-state index is -0.860. The number of ether oxygens (including phenoxy) is 1. The van der Waals surface area contributed by atoms with Crippen molar-refractivity contribution in [2.45, 2.75) is 91.3 Å². The van der Waals surface area contributed by atoms with E-state index in [0.717, 1.165) is 40.5 Å². The number of H-pyrrole nitrogens is 1. The average Bonchev–Trinajstić information content (AvgIpc) is 3.56. The summed E-state index contributed by atoms with van der Waals surface area (Å²) in [5, 5.41) is 19.9. The van der Waals surface area contributed by atoms with Crippen molar-refractivity contribution < 1.29 is 23.9 Å². The highest BCUT2D eigenvalue weighted by atomic mass is 35.5. The SMILES string of the molecule is Cc1cc(C(=O)NC(C)C)ccc1-c1ccc(C[C@H](NC(=O)[C@H]2CC[C@H](CNC(=O)OC(C)(C)C)CC2)C(=O)Nc2cc(Cl)c3cn[nH]c3c2)cc1. The molecule has 0 aliphatic heterocycles. The van der Waals surface area contributed by atoms with Crippen LogP contribution in [0.5, 0.6) is 0 Å². The van der Waals surface area contributed by atoms with E-state index in [1.807, 2.05) is 84.0 Å². The van der Waals surface area contributed by atoms with Gasteiger partial charge < -0.3 is 26.0 Å². The Morgan fingerprint density at radius 1 is 0.962 bits per heavy atom. The first-order chi connectivity index (χ1) is 24.6. The minimum absolute atomic E-state index is 0.0448. The average molecular weight is 729 g/mol. The van der Waals surface area contributed by atoms with Gasteiger partial charge in [-0.2, -0.15) is 5.10 Å². The van der Waals surface area contributed by atoms with Crippen molar-refractivity contribution in [2.24, 2.45) is 11.8 Å². The van der Waals surface area contributed by atoms with Crippen LogP contribution in [0.4, 0.5) is 10.5 Å². The molecule has 0 bridgehead atoms. The van der Waals surface area contributed by atoms with Gasteiger partial charge in [0.1, 0.15) is 11.6 Å². The Hall–Kier alpha value is -4.90. The molecule has 1 fully saturated rings. The fourth-order valence-corrected chi connectivity index (χ4v) is 6.78. The number of rotatable bonds is 11. The van der Waals surface area contributed by atoms with Gasteiger partial charge >= 0.3 is 6.09 Å². The highest BCUT2D eigenvalue weighted by Gasteiger charge is 2.30. The van der Waals surface area contributed by atoms with Crippen LogP contribution in [0.15, 0.2) is 60.8 Å². The Morgan fingerprint density at radius 2 is 1.67 bits per heavy atom. The summed E-state index contributed by atoms with van der Waals surface area (Å²) < 4.78 is 5.35. The molecule has 0 spiro atoms. The number of hydrogen-bond donors (Lipinski definition) is 5. The van der Waals surface area contributed by atoms with Crippen LogP contribution in [-0.4, -0.2) is 58.2 Å². The highest BCUT2D eigenvalue weighted by Crippen LogP contribution is 2.30. The van der Waals surface area contributed by atoms with Gasteiger partial charge in [0.15, 0.2) is 0 Å². The Bertz CT molecular complexity index is 1910. The molecule has 1 aliphatic carbocycles. The Kier molecular flexibility index (Phi) is 12.3. The zero-order valence-corrected chi connectivity index (χ0v) is 31.4. The minimum Gasteiger partial charge on any atom is -0.444 e. The number of fused-ring (bicyclic) bond motifs is 1. The quantitative estimate of drug-likeness (QED) is 0.109. The number of alkyl carbamates (subject to hydrolysis) is 1. The van der Waals surface area contributed by atoms with E-state index in [-0.39, 0.29) is 42.0 Å². The second-order valence-electron chi connectivity index (χ2n) is 15.0. The van der Waals surface area contributed by atoms with Gasteiger partial charge in [-0.05, 0) is 120 Å². The standard InChI is InChI=1S/C40H49ClN6O5/c1-23(2)44-37(49)29-15-16-31(24(3)17-29)27-11-7-25(8-12-27)18-35(38(50)45-30-19-33(41)32-22-43-47-34(32)20-30)46-36(48)28-13-9-26(10-14-28)21-42-39(51)52-40(4,5)6/h7-8,11-12,15-17,19-20,22-23,26,28,35H,9-10,13-14,18,21H2,1-6H3,(H,42,51)(H,43,47)(H,44,49)(H,45,50)(H,46,48)/t26-,28-,35-/m0/s1. The Morgan fingerprint density at radius 3 is 2.33 bits per heavy atom. The molecule has 1 aliphatic rings. The number of aromatic amines is 1. The van der Waals surface area contributed by atoms with Crippen LogP contribution in [0.25, 0.3) is 22.0 Å². The van der Waals surface area contributed by atoms with Crippen LogP contribution >= 0.6 is 11.6 Å². The molecular formula is C40H49ClN6O5. The Labute approximate surface area is 310 Å². The lowest BCUT2D eigenvalue weighted by Gasteiger charge is -2.29. The van der Waals surface area contributed by atoms with Gasteiger partial charge in [0.25, 0.3) is 5.91 Å². The molecule has 0 unspecified atom stereocenters. The number of amides is 4. The normalized spacial score (nSPS) is 16.6. The fourth-order valence-electron chi connectivity index (χ4n) is 6.51. The van der Waals surface area contributed by atoms with Crippen LogP contribution in [0.2, 0.25) is 5.02 Å². The van der Waals surface area contributed by atoms with Crippen molar-refractivity contribution in [2.75, 3.05) is 11.9 Å². The molecule has 4 amide bonds. The molecule has 5 N–H and O–H groups in total. The summed E-state index contributed by atoms with van der Waals surface area (Å²) in [6.07, 6.45) is 4.30. The molecule has 3 aromatic carbocycles. The van der Waals surface area contributed by atoms with Crippen molar-refractivity contribution in [3.63, 3.8) is 0 Å². The number of anilines is 1. The van der Waals surface area contributed by atoms with Crippen molar-refractivity contribution in [3.05, 3.63) is 82.5 Å². The fraction of sp³-hybridized carbons (Fsp3) is 0.425. The summed E-state index contributed by atoms with van der Waals surface area (Å²) in [6, 6.07) is 16.1. The van der Waals surface area contributed by atoms with Gasteiger partial charge in [0, 0.05) is 41.6 Å². The number of halogens is 1. The van der Waals surface area contributed by atoms with Crippen LogP contribution in [0.3, 0.4) is 0 Å². The highest BCUT2D eigenvalue weighted by molar-refractivity contribution is 6.35. The van der Waals surface area contributed by atoms with E-state index < -0.39 is 17.7 Å². The molecule has 0 radical (unpaired) electrons. The third-order valence-corrected chi connectivity index (χ3v) is 9.49. The van der Waals surface area contributed by atoms with E-state index in [4.69, 9.17) is 16.3 Å². The van der Waals surface area contributed by atoms with Gasteiger partial charge in [-0.3, -0.25) is 19.5 Å². The first-order valence-corrected chi connectivity index (χ1v) is 18.2. The van der Waals surface area contributed by atoms with Crippen molar-refractivity contribution in [1.82, 2.24) is 26.1 Å². The molecule has 1 aromatic heterocycles.